The second-order valence-corrected chi connectivity index (χ2v) is 4.02. The SMILES string of the molecule is CC(CNC(=O)CCn1cnc([N+](=O)[O-])c1)C(=O)O. The summed E-state index contributed by atoms with van der Waals surface area (Å²) in [7, 11) is 0. The van der Waals surface area contributed by atoms with Crippen LogP contribution in [-0.4, -0.2) is 38.0 Å². The molecule has 0 bridgehead atoms. The highest BCUT2D eigenvalue weighted by atomic mass is 16.6. The highest BCUT2D eigenvalue weighted by Gasteiger charge is 2.13. The van der Waals surface area contributed by atoms with Crippen molar-refractivity contribution in [2.24, 2.45) is 5.92 Å². The zero-order valence-electron chi connectivity index (χ0n) is 10.3. The highest BCUT2D eigenvalue weighted by Crippen LogP contribution is 2.06. The number of carboxylic acids is 1. The van der Waals surface area contributed by atoms with Gasteiger partial charge in [-0.15, -0.1) is 0 Å². The summed E-state index contributed by atoms with van der Waals surface area (Å²) in [4.78, 5) is 35.3. The van der Waals surface area contributed by atoms with Gasteiger partial charge in [-0.25, -0.2) is 0 Å². The van der Waals surface area contributed by atoms with Crippen molar-refractivity contribution in [1.82, 2.24) is 14.9 Å². The third-order valence-electron chi connectivity index (χ3n) is 2.43. The summed E-state index contributed by atoms with van der Waals surface area (Å²) >= 11 is 0. The Morgan fingerprint density at radius 2 is 2.32 bits per heavy atom. The molecule has 0 aromatic carbocycles. The third kappa shape index (κ3) is 4.74. The molecule has 2 N–H and O–H groups in total. The summed E-state index contributed by atoms with van der Waals surface area (Å²) in [6, 6.07) is 0. The first-order valence-electron chi connectivity index (χ1n) is 5.56. The topological polar surface area (TPSA) is 127 Å². The van der Waals surface area contributed by atoms with E-state index in [0.717, 1.165) is 0 Å². The number of hydrogen-bond acceptors (Lipinski definition) is 5. The molecule has 0 aliphatic heterocycles. The standard InChI is InChI=1S/C10H14N4O5/c1-7(10(16)17)4-11-9(15)2-3-13-5-8(12-6-13)14(18)19/h5-7H,2-4H2,1H3,(H,11,15)(H,16,17). The maximum Gasteiger partial charge on any atom is 0.381 e. The fourth-order valence-corrected chi connectivity index (χ4v) is 1.24. The molecule has 0 saturated heterocycles. The lowest BCUT2D eigenvalue weighted by Crippen LogP contribution is -2.31. The number of rotatable bonds is 7. The minimum atomic E-state index is -0.981. The van der Waals surface area contributed by atoms with Crippen LogP contribution in [0.4, 0.5) is 5.82 Å². The fourth-order valence-electron chi connectivity index (χ4n) is 1.24. The molecule has 0 radical (unpaired) electrons. The largest absolute Gasteiger partial charge is 0.481 e. The summed E-state index contributed by atoms with van der Waals surface area (Å²) in [6.45, 7) is 1.79. The van der Waals surface area contributed by atoms with Crippen molar-refractivity contribution in [3.8, 4) is 0 Å². The molecule has 9 nitrogen and oxygen atoms in total. The van der Waals surface area contributed by atoms with E-state index in [-0.39, 0.29) is 31.2 Å². The van der Waals surface area contributed by atoms with Crippen molar-refractivity contribution in [1.29, 1.82) is 0 Å². The van der Waals surface area contributed by atoms with Gasteiger partial charge in [-0.2, -0.15) is 0 Å². The summed E-state index contributed by atoms with van der Waals surface area (Å²) < 4.78 is 1.43. The predicted molar refractivity (Wildman–Crippen MR) is 63.3 cm³/mol. The summed E-state index contributed by atoms with van der Waals surface area (Å²) in [5.41, 5.74) is 0. The van der Waals surface area contributed by atoms with Crippen molar-refractivity contribution in [3.05, 3.63) is 22.6 Å². The zero-order chi connectivity index (χ0) is 14.4. The first kappa shape index (κ1) is 14.6. The smallest absolute Gasteiger partial charge is 0.381 e. The monoisotopic (exact) mass is 270 g/mol. The minimum Gasteiger partial charge on any atom is -0.481 e. The molecular formula is C10H14N4O5. The average molecular weight is 270 g/mol. The minimum absolute atomic E-state index is 0.0538. The molecule has 1 aromatic heterocycles. The Morgan fingerprint density at radius 3 is 2.84 bits per heavy atom. The molecule has 9 heteroatoms. The zero-order valence-corrected chi connectivity index (χ0v) is 10.3. The van der Waals surface area contributed by atoms with E-state index in [1.165, 1.54) is 24.0 Å². The number of nitrogens with zero attached hydrogens (tertiary/aromatic N) is 3. The summed E-state index contributed by atoms with van der Waals surface area (Å²) in [6.07, 6.45) is 2.60. The van der Waals surface area contributed by atoms with Gasteiger partial charge in [0.25, 0.3) is 0 Å². The number of carbonyl (C=O) groups is 2. The molecule has 0 spiro atoms. The number of hydrogen-bond donors (Lipinski definition) is 2. The van der Waals surface area contributed by atoms with E-state index in [1.807, 2.05) is 0 Å². The van der Waals surface area contributed by atoms with Gasteiger partial charge in [-0.1, -0.05) is 6.92 Å². The normalized spacial score (nSPS) is 11.8. The molecule has 1 amide bonds. The van der Waals surface area contributed by atoms with E-state index in [4.69, 9.17) is 5.11 Å². The van der Waals surface area contributed by atoms with Gasteiger partial charge in [0.15, 0.2) is 0 Å². The van der Waals surface area contributed by atoms with Crippen molar-refractivity contribution in [2.45, 2.75) is 19.9 Å². The number of nitrogens with one attached hydrogen (secondary N) is 1. The maximum absolute atomic E-state index is 11.4. The van der Waals surface area contributed by atoms with Gasteiger partial charge in [0, 0.05) is 19.5 Å². The molecule has 1 heterocycles. The van der Waals surface area contributed by atoms with E-state index in [0.29, 0.717) is 0 Å². The number of aliphatic carboxylic acids is 1. The van der Waals surface area contributed by atoms with Crippen molar-refractivity contribution < 1.29 is 19.6 Å². The third-order valence-corrected chi connectivity index (χ3v) is 2.43. The van der Waals surface area contributed by atoms with Crippen molar-refractivity contribution in [3.63, 3.8) is 0 Å². The molecule has 19 heavy (non-hydrogen) atoms. The maximum atomic E-state index is 11.4. The van der Waals surface area contributed by atoms with Gasteiger partial charge >= 0.3 is 11.8 Å². The van der Waals surface area contributed by atoms with E-state index in [9.17, 15) is 19.7 Å². The van der Waals surface area contributed by atoms with Gasteiger partial charge in [0.1, 0.15) is 6.20 Å². The molecule has 1 rings (SSSR count). The first-order chi connectivity index (χ1) is 8.90. The lowest BCUT2D eigenvalue weighted by Gasteiger charge is -2.08. The summed E-state index contributed by atoms with van der Waals surface area (Å²) in [5.74, 6) is -2.23. The van der Waals surface area contributed by atoms with Gasteiger partial charge < -0.3 is 25.1 Å². The van der Waals surface area contributed by atoms with Crippen LogP contribution in [0.25, 0.3) is 0 Å². The predicted octanol–water partition coefficient (Wildman–Crippen LogP) is 0.0183. The van der Waals surface area contributed by atoms with E-state index >= 15 is 0 Å². The van der Waals surface area contributed by atoms with Crippen LogP contribution in [0.2, 0.25) is 0 Å². The Bertz CT molecular complexity index is 484. The Morgan fingerprint density at radius 1 is 1.63 bits per heavy atom. The average Bonchev–Trinajstić information content (AvgIpc) is 2.82. The molecule has 1 unspecified atom stereocenters. The van der Waals surface area contributed by atoms with Gasteiger partial charge in [-0.3, -0.25) is 9.59 Å². The fraction of sp³-hybridized carbons (Fsp3) is 0.500. The molecular weight excluding hydrogens is 256 g/mol. The van der Waals surface area contributed by atoms with Gasteiger partial charge in [0.05, 0.1) is 5.92 Å². The van der Waals surface area contributed by atoms with Crippen LogP contribution < -0.4 is 5.32 Å². The summed E-state index contributed by atoms with van der Waals surface area (Å²) in [5, 5.41) is 21.5. The van der Waals surface area contributed by atoms with Crippen LogP contribution in [0, 0.1) is 16.0 Å². The van der Waals surface area contributed by atoms with Crippen molar-refractivity contribution in [2.75, 3.05) is 6.54 Å². The lowest BCUT2D eigenvalue weighted by molar-refractivity contribution is -0.389. The highest BCUT2D eigenvalue weighted by molar-refractivity contribution is 5.77. The van der Waals surface area contributed by atoms with Crippen LogP contribution in [0.3, 0.4) is 0 Å². The first-order valence-corrected chi connectivity index (χ1v) is 5.56. The van der Waals surface area contributed by atoms with Crippen LogP contribution in [0.15, 0.2) is 12.5 Å². The van der Waals surface area contributed by atoms with E-state index in [2.05, 4.69) is 10.3 Å². The molecule has 0 saturated carbocycles. The Kier molecular flexibility index (Phi) is 4.98. The Balaban J connectivity index is 2.33. The number of aromatic nitrogens is 2. The quantitative estimate of drug-likeness (QED) is 0.531. The van der Waals surface area contributed by atoms with Crippen molar-refractivity contribution >= 4 is 17.7 Å². The molecule has 0 fully saturated rings. The number of carboxylic acid groups (broad SMARTS) is 1. The van der Waals surface area contributed by atoms with Crippen LogP contribution in [-0.2, 0) is 16.1 Å². The second kappa shape index (κ2) is 6.47. The Hall–Kier alpha value is -2.45. The van der Waals surface area contributed by atoms with E-state index < -0.39 is 16.8 Å². The molecule has 0 aliphatic rings. The number of aryl methyl sites for hydroxylation is 1. The van der Waals surface area contributed by atoms with Crippen LogP contribution in [0.5, 0.6) is 0 Å². The number of nitro groups is 1. The van der Waals surface area contributed by atoms with Crippen LogP contribution >= 0.6 is 0 Å². The molecule has 1 atom stereocenters. The number of carbonyl (C=O) groups excluding carboxylic acids is 1. The lowest BCUT2D eigenvalue weighted by atomic mass is 10.2. The second-order valence-electron chi connectivity index (χ2n) is 4.02. The molecule has 104 valence electrons. The van der Waals surface area contributed by atoms with Gasteiger partial charge in [0.2, 0.25) is 12.2 Å². The number of amides is 1. The van der Waals surface area contributed by atoms with Gasteiger partial charge in [-0.05, 0) is 9.91 Å². The van der Waals surface area contributed by atoms with Crippen LogP contribution in [0.1, 0.15) is 13.3 Å². The molecule has 0 aliphatic carbocycles. The number of imidazole rings is 1. The molecule has 1 aromatic rings. The van der Waals surface area contributed by atoms with E-state index in [1.54, 1.807) is 0 Å². The Labute approximate surface area is 108 Å².